The van der Waals surface area contributed by atoms with Crippen LogP contribution in [0.3, 0.4) is 0 Å². The number of ketones is 1. The van der Waals surface area contributed by atoms with Gasteiger partial charge < -0.3 is 4.74 Å². The monoisotopic (exact) mass is 248 g/mol. The van der Waals surface area contributed by atoms with Crippen LogP contribution in [0.2, 0.25) is 0 Å². The fraction of sp³-hybridized carbons (Fsp3) is 0.231. The van der Waals surface area contributed by atoms with E-state index in [1.165, 1.54) is 0 Å². The number of hydrogen-bond acceptors (Lipinski definition) is 4. The van der Waals surface area contributed by atoms with Crippen molar-refractivity contribution in [2.24, 2.45) is 0 Å². The second-order valence-corrected chi connectivity index (χ2v) is 4.53. The van der Waals surface area contributed by atoms with Crippen LogP contribution in [0.4, 0.5) is 0 Å². The molecule has 1 aromatic heterocycles. The van der Waals surface area contributed by atoms with Crippen LogP contribution in [-0.2, 0) is 9.53 Å². The number of ether oxygens (including phenoxy) is 1. The van der Waals surface area contributed by atoms with E-state index in [1.807, 2.05) is 23.6 Å². The summed E-state index contributed by atoms with van der Waals surface area (Å²) in [5, 5.41) is 3.01. The Morgan fingerprint density at radius 3 is 2.88 bits per heavy atom. The molecule has 0 radical (unpaired) electrons. The minimum atomic E-state index is -0.470. The fourth-order valence-electron chi connectivity index (χ4n) is 1.59. The van der Waals surface area contributed by atoms with Crippen LogP contribution in [0.25, 0.3) is 10.1 Å². The van der Waals surface area contributed by atoms with Crippen molar-refractivity contribution >= 4 is 33.2 Å². The summed E-state index contributed by atoms with van der Waals surface area (Å²) in [6, 6.07) is 7.42. The second-order valence-electron chi connectivity index (χ2n) is 3.58. The number of carbonyl (C=O) groups excluding carboxylic acids is 2. The molecule has 4 heteroatoms. The Kier molecular flexibility index (Phi) is 3.54. The lowest BCUT2D eigenvalue weighted by atomic mass is 10.1. The van der Waals surface area contributed by atoms with Crippen LogP contribution in [0.5, 0.6) is 0 Å². The molecule has 0 unspecified atom stereocenters. The van der Waals surface area contributed by atoms with Crippen LogP contribution < -0.4 is 0 Å². The number of hydrogen-bond donors (Lipinski definition) is 0. The maximum Gasteiger partial charge on any atom is 0.313 e. The van der Waals surface area contributed by atoms with E-state index in [4.69, 9.17) is 4.74 Å². The van der Waals surface area contributed by atoms with Gasteiger partial charge in [0.05, 0.1) is 6.61 Å². The van der Waals surface area contributed by atoms with E-state index >= 15 is 0 Å². The molecule has 0 atom stereocenters. The molecule has 0 bridgehead atoms. The number of carbonyl (C=O) groups is 2. The summed E-state index contributed by atoms with van der Waals surface area (Å²) >= 11 is 1.63. The van der Waals surface area contributed by atoms with E-state index in [0.29, 0.717) is 12.2 Å². The molecule has 0 aliphatic carbocycles. The zero-order valence-corrected chi connectivity index (χ0v) is 10.3. The molecular formula is C13H12O3S. The molecular weight excluding hydrogens is 236 g/mol. The molecule has 0 fully saturated rings. The second kappa shape index (κ2) is 5.10. The quantitative estimate of drug-likeness (QED) is 0.474. The number of Topliss-reactive ketones (excluding diaryl/α,β-unsaturated/α-hetero) is 1. The molecule has 2 rings (SSSR count). The van der Waals surface area contributed by atoms with Crippen LogP contribution in [-0.4, -0.2) is 18.4 Å². The molecule has 17 heavy (non-hydrogen) atoms. The van der Waals surface area contributed by atoms with Crippen molar-refractivity contribution in [1.82, 2.24) is 0 Å². The van der Waals surface area contributed by atoms with Gasteiger partial charge in [0.25, 0.3) is 0 Å². The van der Waals surface area contributed by atoms with Gasteiger partial charge in [0, 0.05) is 10.3 Å². The van der Waals surface area contributed by atoms with Gasteiger partial charge in [-0.2, -0.15) is 0 Å². The molecule has 1 heterocycles. The van der Waals surface area contributed by atoms with Crippen molar-refractivity contribution in [3.05, 3.63) is 35.2 Å². The predicted octanol–water partition coefficient (Wildman–Crippen LogP) is 3.04. The first-order valence-electron chi connectivity index (χ1n) is 5.37. The van der Waals surface area contributed by atoms with E-state index in [0.717, 1.165) is 10.1 Å². The Bertz CT molecular complexity index is 557. The highest BCUT2D eigenvalue weighted by Gasteiger charge is 2.12. The Morgan fingerprint density at radius 1 is 1.29 bits per heavy atom. The van der Waals surface area contributed by atoms with Gasteiger partial charge in [-0.15, -0.1) is 11.3 Å². The van der Waals surface area contributed by atoms with Crippen molar-refractivity contribution in [1.29, 1.82) is 0 Å². The largest absolute Gasteiger partial charge is 0.466 e. The summed E-state index contributed by atoms with van der Waals surface area (Å²) in [4.78, 5) is 23.0. The van der Waals surface area contributed by atoms with Crippen molar-refractivity contribution in [2.45, 2.75) is 13.3 Å². The normalized spacial score (nSPS) is 10.4. The number of thiophene rings is 1. The third-order valence-electron chi connectivity index (χ3n) is 2.38. The standard InChI is InChI=1S/C13H12O3S/c1-2-16-13(15)8-11(14)9-3-4-12-10(7-9)5-6-17-12/h3-7H,2,8H2,1H3. The maximum atomic E-state index is 11.8. The average molecular weight is 248 g/mol. The van der Waals surface area contributed by atoms with Gasteiger partial charge in [-0.3, -0.25) is 9.59 Å². The van der Waals surface area contributed by atoms with Crippen LogP contribution in [0.15, 0.2) is 29.6 Å². The molecule has 3 nitrogen and oxygen atoms in total. The maximum absolute atomic E-state index is 11.8. The van der Waals surface area contributed by atoms with Gasteiger partial charge in [0.1, 0.15) is 6.42 Å². The summed E-state index contributed by atoms with van der Waals surface area (Å²) in [7, 11) is 0. The molecule has 0 aliphatic heterocycles. The van der Waals surface area contributed by atoms with E-state index in [1.54, 1.807) is 24.3 Å². The van der Waals surface area contributed by atoms with E-state index in [2.05, 4.69) is 0 Å². The lowest BCUT2D eigenvalue weighted by Crippen LogP contribution is -2.11. The summed E-state index contributed by atoms with van der Waals surface area (Å²) in [6.07, 6.45) is -0.191. The minimum Gasteiger partial charge on any atom is -0.466 e. The highest BCUT2D eigenvalue weighted by Crippen LogP contribution is 2.22. The number of esters is 1. The summed E-state index contributed by atoms with van der Waals surface area (Å²) in [6.45, 7) is 2.02. The van der Waals surface area contributed by atoms with Crippen LogP contribution in [0.1, 0.15) is 23.7 Å². The highest BCUT2D eigenvalue weighted by molar-refractivity contribution is 7.17. The summed E-state index contributed by atoms with van der Waals surface area (Å²) < 4.78 is 5.89. The zero-order valence-electron chi connectivity index (χ0n) is 9.43. The smallest absolute Gasteiger partial charge is 0.313 e. The van der Waals surface area contributed by atoms with Gasteiger partial charge in [-0.05, 0) is 42.0 Å². The van der Waals surface area contributed by atoms with Crippen molar-refractivity contribution < 1.29 is 14.3 Å². The van der Waals surface area contributed by atoms with Crippen molar-refractivity contribution in [3.8, 4) is 0 Å². The van der Waals surface area contributed by atoms with Gasteiger partial charge >= 0.3 is 5.97 Å². The first kappa shape index (κ1) is 11.8. The molecule has 0 amide bonds. The molecule has 0 saturated heterocycles. The number of fused-ring (bicyclic) bond motifs is 1. The zero-order chi connectivity index (χ0) is 12.3. The molecule has 0 spiro atoms. The fourth-order valence-corrected chi connectivity index (χ4v) is 2.36. The molecule has 0 saturated carbocycles. The lowest BCUT2D eigenvalue weighted by Gasteiger charge is -2.01. The third kappa shape index (κ3) is 2.71. The molecule has 0 aliphatic rings. The molecule has 88 valence electrons. The Hall–Kier alpha value is -1.68. The van der Waals surface area contributed by atoms with Gasteiger partial charge in [-0.25, -0.2) is 0 Å². The third-order valence-corrected chi connectivity index (χ3v) is 3.28. The van der Waals surface area contributed by atoms with E-state index < -0.39 is 5.97 Å². The first-order chi connectivity index (χ1) is 8.20. The van der Waals surface area contributed by atoms with E-state index in [9.17, 15) is 9.59 Å². The minimum absolute atomic E-state index is 0.191. The summed E-state index contributed by atoms with van der Waals surface area (Å²) in [5.41, 5.74) is 0.559. The Labute approximate surface area is 103 Å². The van der Waals surface area contributed by atoms with Gasteiger partial charge in [0.2, 0.25) is 0 Å². The van der Waals surface area contributed by atoms with Crippen LogP contribution in [0, 0.1) is 0 Å². The van der Waals surface area contributed by atoms with Crippen LogP contribution >= 0.6 is 11.3 Å². The van der Waals surface area contributed by atoms with Gasteiger partial charge in [-0.1, -0.05) is 0 Å². The number of benzene rings is 1. The SMILES string of the molecule is CCOC(=O)CC(=O)c1ccc2sccc2c1. The highest BCUT2D eigenvalue weighted by atomic mass is 32.1. The Morgan fingerprint density at radius 2 is 2.12 bits per heavy atom. The molecule has 1 aromatic carbocycles. The first-order valence-corrected chi connectivity index (χ1v) is 6.24. The molecule has 2 aromatic rings. The average Bonchev–Trinajstić information content (AvgIpc) is 2.75. The Balaban J connectivity index is 2.15. The summed E-state index contributed by atoms with van der Waals surface area (Å²) in [5.74, 6) is -0.667. The van der Waals surface area contributed by atoms with Crippen molar-refractivity contribution in [3.63, 3.8) is 0 Å². The van der Waals surface area contributed by atoms with Gasteiger partial charge in [0.15, 0.2) is 5.78 Å². The molecule has 0 N–H and O–H groups in total. The predicted molar refractivity (Wildman–Crippen MR) is 67.4 cm³/mol. The van der Waals surface area contributed by atoms with E-state index in [-0.39, 0.29) is 12.2 Å². The topological polar surface area (TPSA) is 43.4 Å². The number of rotatable bonds is 4. The van der Waals surface area contributed by atoms with Crippen molar-refractivity contribution in [2.75, 3.05) is 6.61 Å². The lowest BCUT2D eigenvalue weighted by molar-refractivity contribution is -0.141.